The first-order valence-electron chi connectivity index (χ1n) is 0.928. The van der Waals surface area contributed by atoms with Gasteiger partial charge in [-0.15, -0.1) is 0 Å². The Morgan fingerprint density at radius 1 is 1.50 bits per heavy atom. The van der Waals surface area contributed by atoms with Gasteiger partial charge in [0.1, 0.15) is 0 Å². The second-order valence-corrected chi connectivity index (χ2v) is 0.519. The zero-order valence-electron chi connectivity index (χ0n) is 3.77. The average Bonchev–Trinajstić information content (AvgIpc) is 0.811. The van der Waals surface area contributed by atoms with Crippen LogP contribution in [0.5, 0.6) is 0 Å². The van der Waals surface area contributed by atoms with Crippen molar-refractivity contribution >= 4 is 54.8 Å². The van der Waals surface area contributed by atoms with Gasteiger partial charge >= 0.3 is 48.9 Å². The molecule has 0 heterocycles. The minimum absolute atomic E-state index is 0. The molecule has 0 fully saturated rings. The van der Waals surface area contributed by atoms with Crippen LogP contribution in [-0.4, -0.2) is 59.9 Å². The Morgan fingerprint density at radius 2 is 1.50 bits per heavy atom. The van der Waals surface area contributed by atoms with Crippen molar-refractivity contribution in [3.05, 3.63) is 0 Å². The summed E-state index contributed by atoms with van der Waals surface area (Å²) >= 11 is 0. The predicted molar refractivity (Wildman–Crippen MR) is 33.2 cm³/mol. The van der Waals surface area contributed by atoms with Crippen molar-refractivity contribution in [1.29, 1.82) is 0 Å². The van der Waals surface area contributed by atoms with E-state index in [2.05, 4.69) is 0 Å². The maximum absolute atomic E-state index is 9.00. The summed E-state index contributed by atoms with van der Waals surface area (Å²) in [4.78, 5) is 9.00. The van der Waals surface area contributed by atoms with Gasteiger partial charge < -0.3 is 5.11 Å². The molecule has 2 nitrogen and oxygen atoms in total. The molecule has 0 aromatic heterocycles. The van der Waals surface area contributed by atoms with Crippen molar-refractivity contribution in [1.82, 2.24) is 0 Å². The number of aliphatic carboxylic acids is 1. The zero-order valence-corrected chi connectivity index (χ0v) is 11.8. The Kier molecular flexibility index (Phi) is 24.7. The normalized spacial score (nSPS) is 4.17. The molecule has 0 unspecified atom stereocenters. The molecule has 0 aromatic carbocycles. The van der Waals surface area contributed by atoms with Gasteiger partial charge in [-0.05, 0) is 0 Å². The summed E-state index contributed by atoms with van der Waals surface area (Å²) in [6.45, 7) is 1.08. The maximum atomic E-state index is 9.00. The first-order valence-corrected chi connectivity index (χ1v) is 0.928. The van der Waals surface area contributed by atoms with Crippen LogP contribution in [-0.2, 0) is 4.79 Å². The van der Waals surface area contributed by atoms with Crippen LogP contribution < -0.4 is 0 Å². The molecule has 4 heteroatoms. The van der Waals surface area contributed by atoms with Crippen molar-refractivity contribution in [2.45, 2.75) is 6.92 Å². The van der Waals surface area contributed by atoms with Crippen LogP contribution in [0.25, 0.3) is 0 Å². The van der Waals surface area contributed by atoms with E-state index in [1.807, 2.05) is 0 Å². The number of hydrogen-bond acceptors (Lipinski definition) is 1. The third-order valence-corrected chi connectivity index (χ3v) is 0. The van der Waals surface area contributed by atoms with E-state index in [9.17, 15) is 0 Å². The number of rotatable bonds is 0. The molecule has 0 spiro atoms. The fourth-order valence-electron chi connectivity index (χ4n) is 0. The van der Waals surface area contributed by atoms with E-state index >= 15 is 0 Å². The van der Waals surface area contributed by atoms with Gasteiger partial charge in [-0.3, -0.25) is 4.79 Å². The number of carboxylic acids is 1. The number of carbonyl (C=O) groups is 1. The zero-order chi connectivity index (χ0) is 3.58. The van der Waals surface area contributed by atoms with E-state index in [0.29, 0.717) is 0 Å². The molecule has 0 saturated carbocycles. The minimum atomic E-state index is -0.833. The molecule has 0 aliphatic rings. The predicted octanol–water partition coefficient (Wildman–Crippen LogP) is -2.28. The molecule has 0 radical (unpaired) electrons. The molecule has 1 N–H and O–H groups in total. The Labute approximate surface area is 71.2 Å². The molecule has 0 aromatic rings. The molecule has 0 atom stereocenters. The SMILES string of the molecule is CC(=O)O.[SbH3].[SbH3]. The summed E-state index contributed by atoms with van der Waals surface area (Å²) in [7, 11) is 0. The van der Waals surface area contributed by atoms with E-state index < -0.39 is 5.97 Å². The monoisotopic (exact) mass is 308 g/mol. The fraction of sp³-hybridized carbons (Fsp3) is 0.500. The summed E-state index contributed by atoms with van der Waals surface area (Å²) < 4.78 is 0. The van der Waals surface area contributed by atoms with E-state index in [4.69, 9.17) is 9.90 Å². The molecule has 6 heavy (non-hydrogen) atoms. The van der Waals surface area contributed by atoms with Gasteiger partial charge in [0.05, 0.1) is 0 Å². The molecule has 0 aliphatic carbocycles. The van der Waals surface area contributed by atoms with E-state index in [0.717, 1.165) is 6.92 Å². The van der Waals surface area contributed by atoms with Crippen LogP contribution in [0.15, 0.2) is 0 Å². The molecule has 40 valence electrons. The van der Waals surface area contributed by atoms with Gasteiger partial charge in [-0.2, -0.15) is 0 Å². The van der Waals surface area contributed by atoms with Crippen molar-refractivity contribution in [2.75, 3.05) is 0 Å². The van der Waals surface area contributed by atoms with E-state index in [1.54, 1.807) is 0 Å². The van der Waals surface area contributed by atoms with Crippen LogP contribution in [0.4, 0.5) is 0 Å². The van der Waals surface area contributed by atoms with Gasteiger partial charge in [0, 0.05) is 6.92 Å². The second kappa shape index (κ2) is 9.44. The summed E-state index contributed by atoms with van der Waals surface area (Å²) in [5, 5.41) is 7.42. The molecule has 0 amide bonds. The molecular formula is C2H10O2Sb2. The molecule has 0 aliphatic heterocycles. The van der Waals surface area contributed by atoms with Gasteiger partial charge in [0.15, 0.2) is 0 Å². The summed E-state index contributed by atoms with van der Waals surface area (Å²) in [6, 6.07) is 0. The standard InChI is InChI=1S/C2H4O2.2Sb.6H/c1-2(3)4;;;;;;;;/h1H3,(H,3,4);;;;;;;;. The Balaban J connectivity index is -0.0000000450. The summed E-state index contributed by atoms with van der Waals surface area (Å²) in [5.41, 5.74) is 0. The molecule has 0 bridgehead atoms. The second-order valence-electron chi connectivity index (χ2n) is 0.519. The molecular weight excluding hydrogens is 300 g/mol. The quantitative estimate of drug-likeness (QED) is 0.512. The first kappa shape index (κ1) is 15.7. The van der Waals surface area contributed by atoms with Crippen LogP contribution in [0, 0.1) is 0 Å². The average molecular weight is 310 g/mol. The van der Waals surface area contributed by atoms with Crippen LogP contribution >= 0.6 is 0 Å². The Hall–Kier alpha value is 1.11. The van der Waals surface area contributed by atoms with Crippen molar-refractivity contribution < 1.29 is 9.90 Å². The Morgan fingerprint density at radius 3 is 1.50 bits per heavy atom. The number of carboxylic acid groups (broad SMARTS) is 1. The van der Waals surface area contributed by atoms with Gasteiger partial charge in [0.2, 0.25) is 0 Å². The van der Waals surface area contributed by atoms with Crippen LogP contribution in [0.3, 0.4) is 0 Å². The van der Waals surface area contributed by atoms with Crippen LogP contribution in [0.1, 0.15) is 6.92 Å². The first-order chi connectivity index (χ1) is 1.73. The summed E-state index contributed by atoms with van der Waals surface area (Å²) in [5.74, 6) is -0.833. The van der Waals surface area contributed by atoms with Gasteiger partial charge in [-0.25, -0.2) is 0 Å². The van der Waals surface area contributed by atoms with Gasteiger partial charge in [-0.1, -0.05) is 0 Å². The third kappa shape index (κ3) is 70.3. The van der Waals surface area contributed by atoms with Crippen LogP contribution in [0.2, 0.25) is 0 Å². The number of hydrogen-bond donors (Lipinski definition) is 1. The van der Waals surface area contributed by atoms with Crippen molar-refractivity contribution in [3.8, 4) is 0 Å². The van der Waals surface area contributed by atoms with Crippen molar-refractivity contribution in [3.63, 3.8) is 0 Å². The van der Waals surface area contributed by atoms with Gasteiger partial charge in [0.25, 0.3) is 5.97 Å². The van der Waals surface area contributed by atoms with E-state index in [1.165, 1.54) is 0 Å². The molecule has 0 rings (SSSR count). The summed E-state index contributed by atoms with van der Waals surface area (Å²) in [6.07, 6.45) is 0. The Bertz CT molecular complexity index is 32.5. The topological polar surface area (TPSA) is 37.3 Å². The molecule has 0 saturated heterocycles. The van der Waals surface area contributed by atoms with E-state index in [-0.39, 0.29) is 48.9 Å². The fourth-order valence-corrected chi connectivity index (χ4v) is 0. The third-order valence-electron chi connectivity index (χ3n) is 0. The van der Waals surface area contributed by atoms with Crippen molar-refractivity contribution in [2.24, 2.45) is 0 Å².